The van der Waals surface area contributed by atoms with Gasteiger partial charge in [0.2, 0.25) is 0 Å². The second-order valence-electron chi connectivity index (χ2n) is 4.52. The van der Waals surface area contributed by atoms with Gasteiger partial charge in [-0.1, -0.05) is 0 Å². The molecule has 1 aromatic carbocycles. The summed E-state index contributed by atoms with van der Waals surface area (Å²) in [6.07, 6.45) is 3.31. The fourth-order valence-electron chi connectivity index (χ4n) is 2.11. The smallest absolute Gasteiger partial charge is 0.251 e. The van der Waals surface area contributed by atoms with E-state index in [0.29, 0.717) is 5.56 Å². The molecule has 0 aliphatic carbocycles. The van der Waals surface area contributed by atoms with Crippen molar-refractivity contribution in [1.82, 2.24) is 10.3 Å². The van der Waals surface area contributed by atoms with Crippen molar-refractivity contribution in [3.8, 4) is 0 Å². The summed E-state index contributed by atoms with van der Waals surface area (Å²) in [6.45, 7) is 0. The van der Waals surface area contributed by atoms with E-state index < -0.39 is 15.9 Å². The molecule has 1 atom stereocenters. The van der Waals surface area contributed by atoms with Gasteiger partial charge in [-0.25, -0.2) is 8.42 Å². The van der Waals surface area contributed by atoms with Crippen LogP contribution in [0.5, 0.6) is 0 Å². The maximum Gasteiger partial charge on any atom is 0.251 e. The minimum Gasteiger partial charge on any atom is -0.361 e. The highest BCUT2D eigenvalue weighted by Crippen LogP contribution is 2.15. The topological polar surface area (TPSA) is 79.0 Å². The lowest BCUT2D eigenvalue weighted by molar-refractivity contribution is 0.0948. The van der Waals surface area contributed by atoms with Gasteiger partial charge in [-0.15, -0.1) is 0 Å². The molecule has 1 aromatic heterocycles. The Morgan fingerprint density at radius 2 is 2.16 bits per heavy atom. The molecule has 6 heteroatoms. The van der Waals surface area contributed by atoms with Gasteiger partial charge in [0, 0.05) is 28.1 Å². The van der Waals surface area contributed by atoms with Crippen molar-refractivity contribution < 1.29 is 13.2 Å². The van der Waals surface area contributed by atoms with Crippen LogP contribution in [-0.4, -0.2) is 31.1 Å². The highest BCUT2D eigenvalue weighted by molar-refractivity contribution is 7.94. The average molecular weight is 276 g/mol. The lowest BCUT2D eigenvalue weighted by atomic mass is 10.1. The first kappa shape index (κ1) is 12.0. The number of fused-ring (bicyclic) bond motifs is 1. The van der Waals surface area contributed by atoms with Crippen molar-refractivity contribution in [2.24, 2.45) is 0 Å². The van der Waals surface area contributed by atoms with Crippen molar-refractivity contribution in [2.45, 2.75) is 6.04 Å². The number of carbonyl (C=O) groups is 1. The number of amides is 1. The number of nitrogens with one attached hydrogen (secondary N) is 2. The number of aromatic nitrogens is 1. The minimum absolute atomic E-state index is 0.0643. The molecule has 0 spiro atoms. The zero-order valence-electron chi connectivity index (χ0n) is 9.96. The second-order valence-corrected chi connectivity index (χ2v) is 6.45. The van der Waals surface area contributed by atoms with Crippen LogP contribution < -0.4 is 5.32 Å². The number of benzene rings is 1. The number of aromatic amines is 1. The van der Waals surface area contributed by atoms with Crippen LogP contribution >= 0.6 is 0 Å². The van der Waals surface area contributed by atoms with Gasteiger partial charge >= 0.3 is 0 Å². The third-order valence-corrected chi connectivity index (χ3v) is 4.46. The van der Waals surface area contributed by atoms with E-state index in [-0.39, 0.29) is 11.7 Å². The first-order valence-corrected chi connectivity index (χ1v) is 7.54. The number of hydrogen-bond acceptors (Lipinski definition) is 3. The Kier molecular flexibility index (Phi) is 2.67. The van der Waals surface area contributed by atoms with E-state index in [1.165, 1.54) is 6.08 Å². The third kappa shape index (κ3) is 2.39. The molecule has 0 saturated carbocycles. The minimum atomic E-state index is -3.15. The maximum absolute atomic E-state index is 12.0. The molecule has 0 fully saturated rings. The van der Waals surface area contributed by atoms with Gasteiger partial charge in [0.25, 0.3) is 5.91 Å². The van der Waals surface area contributed by atoms with Crippen LogP contribution in [0.3, 0.4) is 0 Å². The second kappa shape index (κ2) is 4.24. The summed E-state index contributed by atoms with van der Waals surface area (Å²) in [5.41, 5.74) is 1.48. The highest BCUT2D eigenvalue weighted by atomic mass is 32.2. The molecule has 1 aliphatic rings. The van der Waals surface area contributed by atoms with Gasteiger partial charge in [-0.3, -0.25) is 4.79 Å². The number of hydrogen-bond donors (Lipinski definition) is 2. The number of H-pyrrole nitrogens is 1. The molecule has 19 heavy (non-hydrogen) atoms. The molecule has 3 rings (SSSR count). The van der Waals surface area contributed by atoms with Gasteiger partial charge in [-0.2, -0.15) is 0 Å². The number of rotatable bonds is 2. The van der Waals surface area contributed by atoms with E-state index in [9.17, 15) is 13.2 Å². The fraction of sp³-hybridized carbons (Fsp3) is 0.154. The Hall–Kier alpha value is -2.08. The van der Waals surface area contributed by atoms with E-state index in [1.54, 1.807) is 18.3 Å². The predicted octanol–water partition coefficient (Wildman–Crippen LogP) is 1.21. The van der Waals surface area contributed by atoms with Crippen molar-refractivity contribution >= 4 is 26.6 Å². The lowest BCUT2D eigenvalue weighted by Gasteiger charge is -2.09. The van der Waals surface area contributed by atoms with Crippen molar-refractivity contribution in [1.29, 1.82) is 0 Å². The summed E-state index contributed by atoms with van der Waals surface area (Å²) < 4.78 is 22.5. The highest BCUT2D eigenvalue weighted by Gasteiger charge is 2.23. The maximum atomic E-state index is 12.0. The standard InChI is InChI=1S/C13H12N2O3S/c16-13(15-11-4-6-19(17,18)8-11)10-1-2-12-9(7-10)3-5-14-12/h1-7,11,14H,8H2,(H,15,16). The van der Waals surface area contributed by atoms with Crippen LogP contribution in [0.1, 0.15) is 10.4 Å². The molecule has 1 aliphatic heterocycles. The van der Waals surface area contributed by atoms with Gasteiger partial charge in [0.05, 0.1) is 11.8 Å². The molecular weight excluding hydrogens is 264 g/mol. The predicted molar refractivity (Wildman–Crippen MR) is 72.5 cm³/mol. The first-order valence-electron chi connectivity index (χ1n) is 5.82. The van der Waals surface area contributed by atoms with Crippen LogP contribution in [0.2, 0.25) is 0 Å². The molecule has 2 heterocycles. The molecular formula is C13H12N2O3S. The summed E-state index contributed by atoms with van der Waals surface area (Å²) >= 11 is 0. The molecule has 0 radical (unpaired) electrons. The molecule has 0 saturated heterocycles. The Labute approximate surface area is 110 Å². The molecule has 98 valence electrons. The van der Waals surface area contributed by atoms with E-state index >= 15 is 0 Å². The quantitative estimate of drug-likeness (QED) is 0.865. The Bertz CT molecular complexity index is 774. The van der Waals surface area contributed by atoms with Crippen molar-refractivity contribution in [3.63, 3.8) is 0 Å². The molecule has 2 N–H and O–H groups in total. The van der Waals surface area contributed by atoms with E-state index in [0.717, 1.165) is 16.3 Å². The van der Waals surface area contributed by atoms with Crippen LogP contribution in [0, 0.1) is 0 Å². The van der Waals surface area contributed by atoms with Crippen LogP contribution in [0.15, 0.2) is 41.9 Å². The SMILES string of the molecule is O=C(NC1C=CS(=O)(=O)C1)c1ccc2[nH]ccc2c1. The molecule has 5 nitrogen and oxygen atoms in total. The summed E-state index contributed by atoms with van der Waals surface area (Å²) in [7, 11) is -3.15. The zero-order chi connectivity index (χ0) is 13.5. The Morgan fingerprint density at radius 3 is 2.89 bits per heavy atom. The van der Waals surface area contributed by atoms with Crippen LogP contribution in [-0.2, 0) is 9.84 Å². The fourth-order valence-corrected chi connectivity index (χ4v) is 3.35. The largest absolute Gasteiger partial charge is 0.361 e. The van der Waals surface area contributed by atoms with E-state index in [1.807, 2.05) is 12.1 Å². The van der Waals surface area contributed by atoms with Gasteiger partial charge in [0.1, 0.15) is 0 Å². The van der Waals surface area contributed by atoms with E-state index in [2.05, 4.69) is 10.3 Å². The molecule has 2 aromatic rings. The number of carbonyl (C=O) groups excluding carboxylic acids is 1. The summed E-state index contributed by atoms with van der Waals surface area (Å²) in [5, 5.41) is 4.79. The normalized spacial score (nSPS) is 20.7. The Balaban J connectivity index is 1.79. The lowest BCUT2D eigenvalue weighted by Crippen LogP contribution is -2.35. The van der Waals surface area contributed by atoms with Crippen molar-refractivity contribution in [2.75, 3.05) is 5.75 Å². The zero-order valence-corrected chi connectivity index (χ0v) is 10.8. The summed E-state index contributed by atoms with van der Waals surface area (Å²) in [5.74, 6) is -0.333. The summed E-state index contributed by atoms with van der Waals surface area (Å²) in [6, 6.07) is 6.74. The molecule has 0 bridgehead atoms. The third-order valence-electron chi connectivity index (χ3n) is 3.06. The van der Waals surface area contributed by atoms with Gasteiger partial charge in [-0.05, 0) is 30.3 Å². The van der Waals surface area contributed by atoms with Crippen LogP contribution in [0.4, 0.5) is 0 Å². The van der Waals surface area contributed by atoms with Gasteiger partial charge < -0.3 is 10.3 Å². The van der Waals surface area contributed by atoms with Crippen molar-refractivity contribution in [3.05, 3.63) is 47.5 Å². The van der Waals surface area contributed by atoms with Crippen LogP contribution in [0.25, 0.3) is 10.9 Å². The molecule has 1 unspecified atom stereocenters. The average Bonchev–Trinajstić information content (AvgIpc) is 2.94. The Morgan fingerprint density at radius 1 is 1.32 bits per heavy atom. The first-order chi connectivity index (χ1) is 9.03. The summed E-state index contributed by atoms with van der Waals surface area (Å²) in [4.78, 5) is 15.1. The number of sulfone groups is 1. The van der Waals surface area contributed by atoms with E-state index in [4.69, 9.17) is 0 Å². The monoisotopic (exact) mass is 276 g/mol. The van der Waals surface area contributed by atoms with Gasteiger partial charge in [0.15, 0.2) is 9.84 Å². The molecule has 1 amide bonds.